The van der Waals surface area contributed by atoms with E-state index >= 15 is 0 Å². The predicted octanol–water partition coefficient (Wildman–Crippen LogP) is 5.24. The van der Waals surface area contributed by atoms with Crippen molar-refractivity contribution in [3.63, 3.8) is 0 Å². The molecular weight excluding hydrogens is 448 g/mol. The Bertz CT molecular complexity index is 1060. The molecule has 0 saturated carbocycles. The van der Waals surface area contributed by atoms with Crippen molar-refractivity contribution >= 4 is 28.9 Å². The normalized spacial score (nSPS) is 10.4. The average molecular weight is 479 g/mol. The van der Waals surface area contributed by atoms with Crippen LogP contribution in [-0.4, -0.2) is 37.4 Å². The third-order valence-corrected chi connectivity index (χ3v) is 5.07. The first-order chi connectivity index (χ1) is 16.7. The lowest BCUT2D eigenvalue weighted by molar-refractivity contribution is 0.0976. The molecule has 3 rings (SSSR count). The maximum absolute atomic E-state index is 12.7. The Morgan fingerprint density at radius 3 is 2.50 bits per heavy atom. The summed E-state index contributed by atoms with van der Waals surface area (Å²) in [6.45, 7) is 4.05. The van der Waals surface area contributed by atoms with Gasteiger partial charge >= 0.3 is 0 Å². The van der Waals surface area contributed by atoms with Crippen LogP contribution < -0.4 is 20.1 Å². The quantitative estimate of drug-likeness (QED) is 0.274. The number of anilines is 1. The van der Waals surface area contributed by atoms with Crippen LogP contribution in [-0.2, 0) is 11.2 Å². The van der Waals surface area contributed by atoms with Crippen LogP contribution in [0.4, 0.5) is 5.69 Å². The number of carbonyl (C=O) groups excluding carboxylic acids is 1. The topological polar surface area (TPSA) is 68.8 Å². The Labute approximate surface area is 206 Å². The predicted molar refractivity (Wildman–Crippen MR) is 139 cm³/mol. The van der Waals surface area contributed by atoms with Crippen LogP contribution >= 0.6 is 12.2 Å². The second kappa shape index (κ2) is 14.0. The second-order valence-corrected chi connectivity index (χ2v) is 7.82. The van der Waals surface area contributed by atoms with Gasteiger partial charge in [-0.3, -0.25) is 10.1 Å². The average Bonchev–Trinajstić information content (AvgIpc) is 2.86. The van der Waals surface area contributed by atoms with Crippen molar-refractivity contribution in [3.8, 4) is 11.5 Å². The van der Waals surface area contributed by atoms with Gasteiger partial charge in [-0.1, -0.05) is 48.5 Å². The van der Waals surface area contributed by atoms with Crippen molar-refractivity contribution in [3.05, 3.63) is 90.0 Å². The summed E-state index contributed by atoms with van der Waals surface area (Å²) in [5.74, 6) is 0.950. The Morgan fingerprint density at radius 1 is 0.882 bits per heavy atom. The number of ether oxygens (including phenoxy) is 3. The fourth-order valence-electron chi connectivity index (χ4n) is 3.22. The lowest BCUT2D eigenvalue weighted by Gasteiger charge is -2.14. The molecular formula is C27H30N2O4S. The summed E-state index contributed by atoms with van der Waals surface area (Å²) in [6, 6.07) is 24.8. The lowest BCUT2D eigenvalue weighted by atomic mass is 10.1. The molecule has 0 bridgehead atoms. The van der Waals surface area contributed by atoms with Crippen molar-refractivity contribution in [1.29, 1.82) is 0 Å². The van der Waals surface area contributed by atoms with Crippen LogP contribution in [0.25, 0.3) is 0 Å². The number of hydrogen-bond acceptors (Lipinski definition) is 5. The van der Waals surface area contributed by atoms with Gasteiger partial charge in [0.25, 0.3) is 5.91 Å². The van der Waals surface area contributed by atoms with E-state index in [1.807, 2.05) is 49.4 Å². The number of carbonyl (C=O) groups is 1. The van der Waals surface area contributed by atoms with Crippen LogP contribution in [0.3, 0.4) is 0 Å². The molecule has 0 unspecified atom stereocenters. The molecule has 3 aromatic rings. The van der Waals surface area contributed by atoms with Gasteiger partial charge in [0.15, 0.2) is 5.11 Å². The number of nitrogens with one attached hydrogen (secondary N) is 2. The van der Waals surface area contributed by atoms with Crippen LogP contribution in [0.5, 0.6) is 11.5 Å². The summed E-state index contributed by atoms with van der Waals surface area (Å²) < 4.78 is 16.8. The first-order valence-corrected chi connectivity index (χ1v) is 11.7. The van der Waals surface area contributed by atoms with Crippen LogP contribution in [0.15, 0.2) is 78.9 Å². The zero-order valence-electron chi connectivity index (χ0n) is 19.3. The van der Waals surface area contributed by atoms with E-state index < -0.39 is 0 Å². The number of amides is 1. The lowest BCUT2D eigenvalue weighted by Crippen LogP contribution is -2.34. The fourth-order valence-corrected chi connectivity index (χ4v) is 3.42. The van der Waals surface area contributed by atoms with Gasteiger partial charge in [-0.25, -0.2) is 0 Å². The molecule has 0 heterocycles. The highest BCUT2D eigenvalue weighted by Crippen LogP contribution is 2.24. The number of aryl methyl sites for hydroxylation is 1. The van der Waals surface area contributed by atoms with E-state index in [2.05, 4.69) is 22.8 Å². The van der Waals surface area contributed by atoms with Crippen molar-refractivity contribution in [1.82, 2.24) is 5.32 Å². The van der Waals surface area contributed by atoms with Gasteiger partial charge in [0.1, 0.15) is 18.1 Å². The standard InChI is InChI=1S/C27H30N2O4S/c1-2-31-18-19-32-23-14-8-13-22(20-23)26(30)29-27(34)28-24-15-6-7-16-25(24)33-17-9-12-21-10-4-3-5-11-21/h3-8,10-11,13-16,20H,2,9,12,17-19H2,1H3,(H2,28,29,30,34). The van der Waals surface area contributed by atoms with E-state index in [9.17, 15) is 4.79 Å². The largest absolute Gasteiger partial charge is 0.491 e. The van der Waals surface area contributed by atoms with Gasteiger partial charge < -0.3 is 19.5 Å². The first-order valence-electron chi connectivity index (χ1n) is 11.3. The molecule has 0 spiro atoms. The highest BCUT2D eigenvalue weighted by molar-refractivity contribution is 7.80. The molecule has 7 heteroatoms. The van der Waals surface area contributed by atoms with Gasteiger partial charge in [0.05, 0.1) is 18.9 Å². The third-order valence-electron chi connectivity index (χ3n) is 4.87. The highest BCUT2D eigenvalue weighted by atomic mass is 32.1. The molecule has 6 nitrogen and oxygen atoms in total. The maximum Gasteiger partial charge on any atom is 0.257 e. The second-order valence-electron chi connectivity index (χ2n) is 7.42. The smallest absolute Gasteiger partial charge is 0.257 e. The molecule has 0 atom stereocenters. The van der Waals surface area contributed by atoms with Crippen molar-refractivity contribution in [2.45, 2.75) is 19.8 Å². The monoisotopic (exact) mass is 478 g/mol. The summed E-state index contributed by atoms with van der Waals surface area (Å²) in [4.78, 5) is 12.7. The number of para-hydroxylation sites is 2. The Kier molecular flexibility index (Phi) is 10.4. The third kappa shape index (κ3) is 8.50. The SMILES string of the molecule is CCOCCOc1cccc(C(=O)NC(=S)Nc2ccccc2OCCCc2ccccc2)c1. The van der Waals surface area contributed by atoms with E-state index in [0.717, 1.165) is 12.8 Å². The fraction of sp³-hybridized carbons (Fsp3) is 0.259. The number of rotatable bonds is 12. The minimum Gasteiger partial charge on any atom is -0.491 e. The van der Waals surface area contributed by atoms with E-state index in [4.69, 9.17) is 26.4 Å². The van der Waals surface area contributed by atoms with E-state index in [1.165, 1.54) is 5.56 Å². The first kappa shape index (κ1) is 25.2. The summed E-state index contributed by atoms with van der Waals surface area (Å²) >= 11 is 5.36. The Morgan fingerprint density at radius 2 is 1.68 bits per heavy atom. The number of thiocarbonyl (C=S) groups is 1. The molecule has 3 aromatic carbocycles. The summed E-state index contributed by atoms with van der Waals surface area (Å²) in [5.41, 5.74) is 2.43. The zero-order valence-corrected chi connectivity index (χ0v) is 20.1. The maximum atomic E-state index is 12.7. The summed E-state index contributed by atoms with van der Waals surface area (Å²) in [7, 11) is 0. The van der Waals surface area contributed by atoms with Crippen LogP contribution in [0, 0.1) is 0 Å². The van der Waals surface area contributed by atoms with Crippen LogP contribution in [0.2, 0.25) is 0 Å². The van der Waals surface area contributed by atoms with Gasteiger partial charge in [0.2, 0.25) is 0 Å². The minimum absolute atomic E-state index is 0.188. The molecule has 0 aliphatic heterocycles. The molecule has 0 aliphatic rings. The van der Waals surface area contributed by atoms with Gasteiger partial charge in [-0.2, -0.15) is 0 Å². The molecule has 0 fully saturated rings. The summed E-state index contributed by atoms with van der Waals surface area (Å²) in [6.07, 6.45) is 1.84. The molecule has 0 aromatic heterocycles. The van der Waals surface area contributed by atoms with E-state index in [1.54, 1.807) is 24.3 Å². The Balaban J connectivity index is 1.49. The van der Waals surface area contributed by atoms with Crippen molar-refractivity contribution in [2.24, 2.45) is 0 Å². The van der Waals surface area contributed by atoms with Gasteiger partial charge in [-0.05, 0) is 67.9 Å². The molecule has 0 saturated heterocycles. The van der Waals surface area contributed by atoms with Gasteiger partial charge in [-0.15, -0.1) is 0 Å². The zero-order chi connectivity index (χ0) is 24.0. The van der Waals surface area contributed by atoms with Crippen molar-refractivity contribution < 1.29 is 19.0 Å². The van der Waals surface area contributed by atoms with Crippen molar-refractivity contribution in [2.75, 3.05) is 31.7 Å². The van der Waals surface area contributed by atoms with Gasteiger partial charge in [0, 0.05) is 12.2 Å². The molecule has 0 aliphatic carbocycles. The summed E-state index contributed by atoms with van der Waals surface area (Å²) in [5, 5.41) is 5.96. The number of benzene rings is 3. The van der Waals surface area contributed by atoms with E-state index in [-0.39, 0.29) is 11.0 Å². The molecule has 0 radical (unpaired) electrons. The Hall–Kier alpha value is -3.42. The minimum atomic E-state index is -0.325. The molecule has 178 valence electrons. The van der Waals surface area contributed by atoms with Crippen LogP contribution in [0.1, 0.15) is 29.3 Å². The van der Waals surface area contributed by atoms with E-state index in [0.29, 0.717) is 49.2 Å². The molecule has 2 N–H and O–H groups in total. The highest BCUT2D eigenvalue weighted by Gasteiger charge is 2.11. The number of hydrogen-bond donors (Lipinski definition) is 2. The molecule has 1 amide bonds. The molecule has 34 heavy (non-hydrogen) atoms.